The fourth-order valence-corrected chi connectivity index (χ4v) is 4.06. The molecule has 7 heteroatoms. The molecule has 0 radical (unpaired) electrons. The molecule has 2 aromatic rings. The second-order valence-electron chi connectivity index (χ2n) is 7.03. The molecule has 1 aliphatic carbocycles. The van der Waals surface area contributed by atoms with Gasteiger partial charge in [0.2, 0.25) is 10.9 Å². The maximum atomic E-state index is 12.3. The fourth-order valence-electron chi connectivity index (χ4n) is 3.28. The van der Waals surface area contributed by atoms with Crippen molar-refractivity contribution in [3.63, 3.8) is 0 Å². The summed E-state index contributed by atoms with van der Waals surface area (Å²) in [7, 11) is 0. The third-order valence-corrected chi connectivity index (χ3v) is 5.80. The Balaban J connectivity index is 1.43. The Labute approximate surface area is 163 Å². The Morgan fingerprint density at radius 1 is 1.15 bits per heavy atom. The molecule has 144 valence electrons. The van der Waals surface area contributed by atoms with Crippen LogP contribution >= 0.6 is 11.3 Å². The van der Waals surface area contributed by atoms with Crippen LogP contribution in [0.4, 0.5) is 5.69 Å². The summed E-state index contributed by atoms with van der Waals surface area (Å²) >= 11 is 1.29. The van der Waals surface area contributed by atoms with Crippen LogP contribution in [-0.4, -0.2) is 28.1 Å². The zero-order chi connectivity index (χ0) is 19.1. The minimum Gasteiger partial charge on any atom is -0.353 e. The second-order valence-corrected chi connectivity index (χ2v) is 8.09. The van der Waals surface area contributed by atoms with E-state index in [-0.39, 0.29) is 11.8 Å². The van der Waals surface area contributed by atoms with Crippen molar-refractivity contribution >= 4 is 28.8 Å². The molecule has 0 aliphatic heterocycles. The van der Waals surface area contributed by atoms with Gasteiger partial charge < -0.3 is 10.6 Å². The quantitative estimate of drug-likeness (QED) is 0.756. The number of nitrogens with one attached hydrogen (secondary N) is 2. The standard InChI is InChI=1S/C20H26N4O2S/c1-14-8-5-6-11-16(14)22-19(26)20-24-23-18(27-20)13-7-12-17(25)21-15-9-3-2-4-10-15/h5-6,8,11,15H,2-4,7,9-10,12-13H2,1H3,(H,21,25)(H,22,26). The maximum absolute atomic E-state index is 12.3. The van der Waals surface area contributed by atoms with Gasteiger partial charge in [0.15, 0.2) is 0 Å². The van der Waals surface area contributed by atoms with E-state index in [1.165, 1.54) is 30.6 Å². The Morgan fingerprint density at radius 2 is 1.93 bits per heavy atom. The van der Waals surface area contributed by atoms with Crippen LogP contribution in [0.3, 0.4) is 0 Å². The van der Waals surface area contributed by atoms with Crippen molar-refractivity contribution in [1.29, 1.82) is 0 Å². The Morgan fingerprint density at radius 3 is 2.70 bits per heavy atom. The number of nitrogens with zero attached hydrogens (tertiary/aromatic N) is 2. The zero-order valence-corrected chi connectivity index (χ0v) is 16.5. The van der Waals surface area contributed by atoms with E-state index in [0.717, 1.165) is 29.1 Å². The molecule has 0 bridgehead atoms. The minimum absolute atomic E-state index is 0.115. The molecule has 0 saturated heterocycles. The molecule has 0 atom stereocenters. The van der Waals surface area contributed by atoms with Gasteiger partial charge in [-0.1, -0.05) is 48.8 Å². The number of hydrogen-bond acceptors (Lipinski definition) is 5. The number of amides is 2. The smallest absolute Gasteiger partial charge is 0.286 e. The van der Waals surface area contributed by atoms with Gasteiger partial charge in [0, 0.05) is 24.6 Å². The molecular formula is C20H26N4O2S. The third-order valence-electron chi connectivity index (χ3n) is 4.82. The van der Waals surface area contributed by atoms with Crippen molar-refractivity contribution in [1.82, 2.24) is 15.5 Å². The molecule has 2 amide bonds. The van der Waals surface area contributed by atoms with E-state index in [4.69, 9.17) is 0 Å². The molecule has 1 saturated carbocycles. The highest BCUT2D eigenvalue weighted by atomic mass is 32.1. The van der Waals surface area contributed by atoms with Crippen LogP contribution in [0, 0.1) is 6.92 Å². The number of anilines is 1. The molecular weight excluding hydrogens is 360 g/mol. The summed E-state index contributed by atoms with van der Waals surface area (Å²) in [6.07, 6.45) is 7.76. The van der Waals surface area contributed by atoms with Gasteiger partial charge in [0.25, 0.3) is 5.91 Å². The summed E-state index contributed by atoms with van der Waals surface area (Å²) in [6.45, 7) is 1.94. The molecule has 1 aromatic carbocycles. The lowest BCUT2D eigenvalue weighted by atomic mass is 9.95. The van der Waals surface area contributed by atoms with Gasteiger partial charge in [-0.2, -0.15) is 0 Å². The van der Waals surface area contributed by atoms with E-state index in [1.807, 2.05) is 31.2 Å². The van der Waals surface area contributed by atoms with Crippen molar-refractivity contribution in [2.24, 2.45) is 0 Å². The first kappa shape index (κ1) is 19.5. The number of aromatic nitrogens is 2. The highest BCUT2D eigenvalue weighted by molar-refractivity contribution is 7.13. The Hall–Kier alpha value is -2.28. The van der Waals surface area contributed by atoms with Gasteiger partial charge >= 0.3 is 0 Å². The van der Waals surface area contributed by atoms with Gasteiger partial charge in [-0.3, -0.25) is 9.59 Å². The van der Waals surface area contributed by atoms with Gasteiger partial charge in [-0.15, -0.1) is 10.2 Å². The molecule has 6 nitrogen and oxygen atoms in total. The molecule has 1 heterocycles. The van der Waals surface area contributed by atoms with Crippen molar-refractivity contribution in [2.45, 2.75) is 64.3 Å². The summed E-state index contributed by atoms with van der Waals surface area (Å²) < 4.78 is 0. The molecule has 2 N–H and O–H groups in total. The number of aryl methyl sites for hydroxylation is 2. The monoisotopic (exact) mass is 386 g/mol. The SMILES string of the molecule is Cc1ccccc1NC(=O)c1nnc(CCCC(=O)NC2CCCCC2)s1. The lowest BCUT2D eigenvalue weighted by Gasteiger charge is -2.22. The lowest BCUT2D eigenvalue weighted by molar-refractivity contribution is -0.122. The van der Waals surface area contributed by atoms with Crippen LogP contribution in [-0.2, 0) is 11.2 Å². The van der Waals surface area contributed by atoms with Crippen LogP contribution in [0.5, 0.6) is 0 Å². The van der Waals surface area contributed by atoms with E-state index in [1.54, 1.807) is 0 Å². The highest BCUT2D eigenvalue weighted by Gasteiger charge is 2.16. The lowest BCUT2D eigenvalue weighted by Crippen LogP contribution is -2.36. The van der Waals surface area contributed by atoms with E-state index in [0.29, 0.717) is 30.3 Å². The van der Waals surface area contributed by atoms with Crippen LogP contribution in [0.15, 0.2) is 24.3 Å². The second kappa shape index (κ2) is 9.60. The van der Waals surface area contributed by atoms with Crippen molar-refractivity contribution in [3.05, 3.63) is 39.8 Å². The van der Waals surface area contributed by atoms with Crippen LogP contribution in [0.1, 0.15) is 65.3 Å². The molecule has 0 spiro atoms. The summed E-state index contributed by atoms with van der Waals surface area (Å²) in [5.41, 5.74) is 1.78. The normalized spacial score (nSPS) is 14.7. The number of benzene rings is 1. The predicted molar refractivity (Wildman–Crippen MR) is 107 cm³/mol. The largest absolute Gasteiger partial charge is 0.353 e. The summed E-state index contributed by atoms with van der Waals surface area (Å²) in [4.78, 5) is 24.4. The van der Waals surface area contributed by atoms with Crippen molar-refractivity contribution in [2.75, 3.05) is 5.32 Å². The van der Waals surface area contributed by atoms with Gasteiger partial charge in [0.05, 0.1) is 0 Å². The van der Waals surface area contributed by atoms with Crippen LogP contribution in [0.25, 0.3) is 0 Å². The third kappa shape index (κ3) is 5.85. The predicted octanol–water partition coefficient (Wildman–Crippen LogP) is 3.87. The van der Waals surface area contributed by atoms with E-state index < -0.39 is 0 Å². The molecule has 0 unspecified atom stereocenters. The summed E-state index contributed by atoms with van der Waals surface area (Å²) in [5.74, 6) is -0.132. The van der Waals surface area contributed by atoms with Gasteiger partial charge in [-0.05, 0) is 37.8 Å². The number of rotatable bonds is 7. The minimum atomic E-state index is -0.247. The highest BCUT2D eigenvalue weighted by Crippen LogP contribution is 2.19. The average molecular weight is 387 g/mol. The molecule has 1 aromatic heterocycles. The van der Waals surface area contributed by atoms with Crippen LogP contribution in [0.2, 0.25) is 0 Å². The maximum Gasteiger partial charge on any atom is 0.286 e. The number of para-hydroxylation sites is 1. The Kier molecular flexibility index (Phi) is 6.92. The Bertz CT molecular complexity index is 784. The number of carbonyl (C=O) groups is 2. The number of hydrogen-bond donors (Lipinski definition) is 2. The summed E-state index contributed by atoms with van der Waals surface area (Å²) in [6, 6.07) is 7.97. The average Bonchev–Trinajstić information content (AvgIpc) is 3.13. The fraction of sp³-hybridized carbons (Fsp3) is 0.500. The first-order valence-electron chi connectivity index (χ1n) is 9.60. The number of carbonyl (C=O) groups excluding carboxylic acids is 2. The molecule has 27 heavy (non-hydrogen) atoms. The van der Waals surface area contributed by atoms with Gasteiger partial charge in [0.1, 0.15) is 5.01 Å². The van der Waals surface area contributed by atoms with Crippen molar-refractivity contribution < 1.29 is 9.59 Å². The summed E-state index contributed by atoms with van der Waals surface area (Å²) in [5, 5.41) is 15.2. The van der Waals surface area contributed by atoms with Crippen molar-refractivity contribution in [3.8, 4) is 0 Å². The van der Waals surface area contributed by atoms with E-state index in [9.17, 15) is 9.59 Å². The van der Waals surface area contributed by atoms with Crippen LogP contribution < -0.4 is 10.6 Å². The molecule has 1 fully saturated rings. The van der Waals surface area contributed by atoms with E-state index in [2.05, 4.69) is 20.8 Å². The van der Waals surface area contributed by atoms with E-state index >= 15 is 0 Å². The molecule has 1 aliphatic rings. The first-order chi connectivity index (χ1) is 13.1. The molecule has 3 rings (SSSR count). The first-order valence-corrected chi connectivity index (χ1v) is 10.4. The zero-order valence-electron chi connectivity index (χ0n) is 15.7. The topological polar surface area (TPSA) is 84.0 Å². The van der Waals surface area contributed by atoms with Gasteiger partial charge in [-0.25, -0.2) is 0 Å².